The number of nitrogens with zero attached hydrogens (tertiary/aromatic N) is 3. The smallest absolute Gasteiger partial charge is 0.272 e. The summed E-state index contributed by atoms with van der Waals surface area (Å²) in [6.45, 7) is 7.63. The third kappa shape index (κ3) is 8.35. The monoisotopic (exact) mass is 370 g/mol. The Morgan fingerprint density at radius 2 is 2.12 bits per heavy atom. The molecule has 1 aromatic heterocycles. The van der Waals surface area contributed by atoms with Gasteiger partial charge in [-0.25, -0.2) is 8.78 Å². The topological polar surface area (TPSA) is 57.7 Å². The van der Waals surface area contributed by atoms with Gasteiger partial charge in [0.1, 0.15) is 12.4 Å². The molecule has 0 bridgehead atoms. The lowest BCUT2D eigenvalue weighted by Gasteiger charge is -2.23. The van der Waals surface area contributed by atoms with Crippen molar-refractivity contribution >= 4 is 11.7 Å². The van der Waals surface area contributed by atoms with Crippen LogP contribution in [0.2, 0.25) is 0 Å². The number of carbonyl (C=O) groups excluding carboxylic acids is 1. The fourth-order valence-electron chi connectivity index (χ4n) is 2.18. The highest BCUT2D eigenvalue weighted by atomic mass is 19.3. The summed E-state index contributed by atoms with van der Waals surface area (Å²) in [4.78, 5) is 20.2. The maximum atomic E-state index is 12.2. The van der Waals surface area contributed by atoms with Crippen LogP contribution in [0.25, 0.3) is 5.76 Å². The summed E-state index contributed by atoms with van der Waals surface area (Å²) in [7, 11) is 3.93. The van der Waals surface area contributed by atoms with Crippen LogP contribution < -0.4 is 5.32 Å². The fraction of sp³-hybridized carbons (Fsp3) is 0.556. The van der Waals surface area contributed by atoms with Crippen molar-refractivity contribution in [3.63, 3.8) is 0 Å². The van der Waals surface area contributed by atoms with Crippen LogP contribution in [-0.4, -0.2) is 74.0 Å². The number of halogens is 2. The Hall–Kier alpha value is -2.06. The summed E-state index contributed by atoms with van der Waals surface area (Å²) in [5.41, 5.74) is 1.26. The van der Waals surface area contributed by atoms with E-state index in [0.29, 0.717) is 30.9 Å². The number of carbonyl (C=O) groups is 1. The van der Waals surface area contributed by atoms with E-state index in [2.05, 4.69) is 16.9 Å². The molecule has 0 saturated heterocycles. The number of nitrogens with one attached hydrogen (secondary N) is 1. The van der Waals surface area contributed by atoms with Crippen molar-refractivity contribution in [1.82, 2.24) is 20.1 Å². The molecule has 1 aromatic rings. The maximum absolute atomic E-state index is 12.2. The molecule has 1 rings (SSSR count). The van der Waals surface area contributed by atoms with Crippen molar-refractivity contribution in [1.29, 1.82) is 0 Å². The highest BCUT2D eigenvalue weighted by Crippen LogP contribution is 2.15. The van der Waals surface area contributed by atoms with E-state index in [4.69, 9.17) is 4.74 Å². The van der Waals surface area contributed by atoms with E-state index >= 15 is 0 Å². The number of alkyl halides is 2. The molecule has 26 heavy (non-hydrogen) atoms. The molecule has 0 aromatic carbocycles. The molecule has 0 saturated carbocycles. The molecule has 146 valence electrons. The lowest BCUT2D eigenvalue weighted by atomic mass is 10.2. The highest BCUT2D eigenvalue weighted by Gasteiger charge is 2.12. The Labute approximate surface area is 153 Å². The Kier molecular flexibility index (Phi) is 9.75. The zero-order valence-corrected chi connectivity index (χ0v) is 15.7. The molecule has 0 fully saturated rings. The minimum Gasteiger partial charge on any atom is -0.488 e. The molecule has 0 atom stereocenters. The molecule has 0 radical (unpaired) electrons. The molecule has 0 aliphatic carbocycles. The number of hydrogen-bond acceptors (Lipinski definition) is 5. The largest absolute Gasteiger partial charge is 0.488 e. The fourth-order valence-corrected chi connectivity index (χ4v) is 2.18. The molecule has 1 heterocycles. The molecule has 0 aliphatic heterocycles. The van der Waals surface area contributed by atoms with Crippen molar-refractivity contribution in [2.75, 3.05) is 46.9 Å². The second-order valence-corrected chi connectivity index (χ2v) is 6.04. The van der Waals surface area contributed by atoms with E-state index in [1.54, 1.807) is 23.2 Å². The van der Waals surface area contributed by atoms with Crippen molar-refractivity contribution in [2.45, 2.75) is 19.9 Å². The van der Waals surface area contributed by atoms with Gasteiger partial charge in [-0.2, -0.15) is 0 Å². The van der Waals surface area contributed by atoms with Gasteiger partial charge in [-0.1, -0.05) is 6.58 Å². The van der Waals surface area contributed by atoms with Gasteiger partial charge in [-0.3, -0.25) is 9.78 Å². The third-order valence-electron chi connectivity index (χ3n) is 3.66. The summed E-state index contributed by atoms with van der Waals surface area (Å²) in [5, 5.41) is 3.06. The van der Waals surface area contributed by atoms with Gasteiger partial charge in [0.05, 0.1) is 12.2 Å². The maximum Gasteiger partial charge on any atom is 0.272 e. The van der Waals surface area contributed by atoms with Crippen LogP contribution in [0, 0.1) is 0 Å². The SMILES string of the molecule is C=C(OCC(F)F)c1ccnc(CNCC(=O)N(CC)CCN(C)C)c1. The normalized spacial score (nSPS) is 11.0. The second kappa shape index (κ2) is 11.5. The number of aromatic nitrogens is 1. The molecule has 0 unspecified atom stereocenters. The predicted molar refractivity (Wildman–Crippen MR) is 97.7 cm³/mol. The van der Waals surface area contributed by atoms with E-state index in [1.165, 1.54) is 0 Å². The number of hydrogen-bond donors (Lipinski definition) is 1. The molecular formula is C18H28F2N4O2. The lowest BCUT2D eigenvalue weighted by molar-refractivity contribution is -0.130. The van der Waals surface area contributed by atoms with Crippen LogP contribution in [0.4, 0.5) is 8.78 Å². The molecule has 0 spiro atoms. The average Bonchev–Trinajstić information content (AvgIpc) is 2.60. The van der Waals surface area contributed by atoms with E-state index < -0.39 is 13.0 Å². The first-order chi connectivity index (χ1) is 12.3. The van der Waals surface area contributed by atoms with Crippen LogP contribution in [0.15, 0.2) is 24.9 Å². The molecule has 0 aliphatic rings. The van der Waals surface area contributed by atoms with Gasteiger partial charge in [-0.05, 0) is 33.2 Å². The predicted octanol–water partition coefficient (Wildman–Crippen LogP) is 1.83. The standard InChI is InChI=1S/C18H28F2N4O2/c1-5-24(9-8-23(3)4)18(25)12-21-11-16-10-15(6-7-22-16)14(2)26-13-17(19)20/h6-7,10,17,21H,2,5,8-9,11-13H2,1,3-4H3. The Morgan fingerprint density at radius 3 is 2.73 bits per heavy atom. The minimum atomic E-state index is -2.55. The second-order valence-electron chi connectivity index (χ2n) is 6.04. The average molecular weight is 370 g/mol. The number of amides is 1. The van der Waals surface area contributed by atoms with E-state index in [9.17, 15) is 13.6 Å². The molecule has 1 amide bonds. The van der Waals surface area contributed by atoms with Crippen LogP contribution in [0.3, 0.4) is 0 Å². The molecule has 8 heteroatoms. The quantitative estimate of drug-likeness (QED) is 0.569. The van der Waals surface area contributed by atoms with Gasteiger partial charge in [0.25, 0.3) is 6.43 Å². The zero-order valence-electron chi connectivity index (χ0n) is 15.7. The molecule has 1 N–H and O–H groups in total. The highest BCUT2D eigenvalue weighted by molar-refractivity contribution is 5.78. The first-order valence-corrected chi connectivity index (χ1v) is 8.51. The third-order valence-corrected chi connectivity index (χ3v) is 3.66. The molecular weight excluding hydrogens is 342 g/mol. The van der Waals surface area contributed by atoms with Crippen molar-refractivity contribution in [2.24, 2.45) is 0 Å². The Morgan fingerprint density at radius 1 is 1.38 bits per heavy atom. The van der Waals surface area contributed by atoms with Crippen molar-refractivity contribution in [3.8, 4) is 0 Å². The summed E-state index contributed by atoms with van der Waals surface area (Å²) in [5.74, 6) is 0.195. The first-order valence-electron chi connectivity index (χ1n) is 8.51. The van der Waals surface area contributed by atoms with Crippen LogP contribution in [0.5, 0.6) is 0 Å². The van der Waals surface area contributed by atoms with E-state index in [-0.39, 0.29) is 18.2 Å². The van der Waals surface area contributed by atoms with Gasteiger partial charge in [0.2, 0.25) is 5.91 Å². The number of likely N-dealkylation sites (N-methyl/N-ethyl adjacent to an activating group) is 2. The van der Waals surface area contributed by atoms with E-state index in [0.717, 1.165) is 6.54 Å². The van der Waals surface area contributed by atoms with Gasteiger partial charge in [0, 0.05) is 37.9 Å². The van der Waals surface area contributed by atoms with Gasteiger partial charge in [-0.15, -0.1) is 0 Å². The summed E-state index contributed by atoms with van der Waals surface area (Å²) in [6.07, 6.45) is -0.990. The Balaban J connectivity index is 2.48. The summed E-state index contributed by atoms with van der Waals surface area (Å²) in [6, 6.07) is 3.34. The minimum absolute atomic E-state index is 0.0233. The Bertz CT molecular complexity index is 582. The summed E-state index contributed by atoms with van der Waals surface area (Å²) < 4.78 is 29.3. The number of ether oxygens (including phenoxy) is 1. The lowest BCUT2D eigenvalue weighted by Crippen LogP contribution is -2.41. The zero-order chi connectivity index (χ0) is 19.5. The van der Waals surface area contributed by atoms with Gasteiger partial charge < -0.3 is 19.9 Å². The van der Waals surface area contributed by atoms with Crippen LogP contribution in [-0.2, 0) is 16.1 Å². The van der Waals surface area contributed by atoms with E-state index in [1.807, 2.05) is 25.9 Å². The number of pyridine rings is 1. The van der Waals surface area contributed by atoms with Gasteiger partial charge in [0.15, 0.2) is 0 Å². The molecule has 6 nitrogen and oxygen atoms in total. The van der Waals surface area contributed by atoms with Crippen molar-refractivity contribution < 1.29 is 18.3 Å². The number of rotatable bonds is 12. The first kappa shape index (κ1) is 22.0. The van der Waals surface area contributed by atoms with Gasteiger partial charge >= 0.3 is 0 Å². The summed E-state index contributed by atoms with van der Waals surface area (Å²) >= 11 is 0. The van der Waals surface area contributed by atoms with Crippen LogP contribution in [0.1, 0.15) is 18.2 Å². The van der Waals surface area contributed by atoms with Crippen molar-refractivity contribution in [3.05, 3.63) is 36.2 Å². The van der Waals surface area contributed by atoms with Crippen LogP contribution >= 0.6 is 0 Å².